The topological polar surface area (TPSA) is 76.7 Å². The number of carbonyl (C=O) groups excluding carboxylic acids is 2. The maximum atomic E-state index is 12.3. The first kappa shape index (κ1) is 23.8. The third-order valence-electron chi connectivity index (χ3n) is 4.58. The van der Waals surface area contributed by atoms with Crippen LogP contribution in [0.2, 0.25) is 0 Å². The maximum absolute atomic E-state index is 12.3. The highest BCUT2D eigenvalue weighted by molar-refractivity contribution is 7.80. The highest BCUT2D eigenvalue weighted by Gasteiger charge is 2.21. The molecule has 0 bridgehead atoms. The quantitative estimate of drug-likeness (QED) is 0.465. The van der Waals surface area contributed by atoms with Gasteiger partial charge in [-0.3, -0.25) is 10.1 Å². The normalized spacial score (nSPS) is 10.6. The van der Waals surface area contributed by atoms with Gasteiger partial charge in [-0.2, -0.15) is 0 Å². The summed E-state index contributed by atoms with van der Waals surface area (Å²) in [4.78, 5) is 25.4. The smallest absolute Gasteiger partial charge is 0.341 e. The number of ether oxygens (including phenoxy) is 2. The van der Waals surface area contributed by atoms with Gasteiger partial charge in [0.25, 0.3) is 5.91 Å². The summed E-state index contributed by atoms with van der Waals surface area (Å²) in [7, 11) is 0. The lowest BCUT2D eigenvalue weighted by Gasteiger charge is -2.13. The van der Waals surface area contributed by atoms with E-state index in [0.717, 1.165) is 16.0 Å². The minimum Gasteiger partial charge on any atom is -0.484 e. The Morgan fingerprint density at radius 2 is 1.90 bits per heavy atom. The van der Waals surface area contributed by atoms with Crippen LogP contribution in [0.5, 0.6) is 5.75 Å². The Morgan fingerprint density at radius 3 is 2.50 bits per heavy atom. The zero-order chi connectivity index (χ0) is 22.4. The fourth-order valence-electron chi connectivity index (χ4n) is 3.00. The molecule has 162 valence electrons. The van der Waals surface area contributed by atoms with E-state index >= 15 is 0 Å². The summed E-state index contributed by atoms with van der Waals surface area (Å²) in [6, 6.07) is 5.79. The van der Waals surface area contributed by atoms with Gasteiger partial charge in [0.1, 0.15) is 10.8 Å². The van der Waals surface area contributed by atoms with Gasteiger partial charge < -0.3 is 14.8 Å². The van der Waals surface area contributed by atoms with Crippen LogP contribution >= 0.6 is 23.6 Å². The van der Waals surface area contributed by atoms with Crippen molar-refractivity contribution in [3.8, 4) is 5.75 Å². The molecule has 0 aliphatic rings. The van der Waals surface area contributed by atoms with Crippen LogP contribution in [0, 0.1) is 20.8 Å². The van der Waals surface area contributed by atoms with Crippen LogP contribution in [0.4, 0.5) is 5.00 Å². The van der Waals surface area contributed by atoms with Crippen molar-refractivity contribution in [1.29, 1.82) is 0 Å². The second-order valence-electron chi connectivity index (χ2n) is 7.17. The number of hydrogen-bond donors (Lipinski definition) is 2. The number of amides is 1. The van der Waals surface area contributed by atoms with E-state index < -0.39 is 5.97 Å². The molecule has 2 aromatic rings. The summed E-state index contributed by atoms with van der Waals surface area (Å²) in [6.07, 6.45) is 0. The summed E-state index contributed by atoms with van der Waals surface area (Å²) in [5, 5.41) is 6.16. The fourth-order valence-corrected chi connectivity index (χ4v) is 4.33. The van der Waals surface area contributed by atoms with Gasteiger partial charge in [-0.15, -0.1) is 11.3 Å². The number of benzene rings is 1. The van der Waals surface area contributed by atoms with E-state index in [1.807, 2.05) is 39.0 Å². The van der Waals surface area contributed by atoms with Crippen molar-refractivity contribution in [1.82, 2.24) is 5.32 Å². The van der Waals surface area contributed by atoms with Gasteiger partial charge in [0.15, 0.2) is 11.7 Å². The summed E-state index contributed by atoms with van der Waals surface area (Å²) in [5.41, 5.74) is 3.64. The van der Waals surface area contributed by atoms with Crippen molar-refractivity contribution in [2.45, 2.75) is 47.5 Å². The molecule has 0 saturated heterocycles. The van der Waals surface area contributed by atoms with Crippen molar-refractivity contribution < 1.29 is 19.1 Å². The third kappa shape index (κ3) is 6.03. The molecule has 2 N–H and O–H groups in total. The van der Waals surface area contributed by atoms with E-state index in [2.05, 4.69) is 24.5 Å². The molecule has 0 saturated carbocycles. The molecule has 1 amide bonds. The number of rotatable bonds is 7. The molecule has 0 fully saturated rings. The molecule has 2 rings (SSSR count). The first-order chi connectivity index (χ1) is 14.1. The van der Waals surface area contributed by atoms with Gasteiger partial charge in [0.05, 0.1) is 12.2 Å². The highest BCUT2D eigenvalue weighted by Crippen LogP contribution is 2.33. The largest absolute Gasteiger partial charge is 0.484 e. The molecule has 1 aromatic heterocycles. The Bertz CT molecular complexity index is 951. The zero-order valence-corrected chi connectivity index (χ0v) is 19.8. The van der Waals surface area contributed by atoms with E-state index in [1.54, 1.807) is 6.92 Å². The fraction of sp³-hybridized carbons (Fsp3) is 0.409. The second-order valence-corrected chi connectivity index (χ2v) is 8.80. The van der Waals surface area contributed by atoms with Crippen LogP contribution in [0.3, 0.4) is 0 Å². The molecular formula is C22H28N2O4S2. The third-order valence-corrected chi connectivity index (χ3v) is 5.90. The molecule has 0 aliphatic carbocycles. The number of thiophene rings is 1. The Morgan fingerprint density at radius 1 is 1.20 bits per heavy atom. The van der Waals surface area contributed by atoms with Crippen LogP contribution in [0.1, 0.15) is 58.6 Å². The lowest BCUT2D eigenvalue weighted by molar-refractivity contribution is -0.121. The van der Waals surface area contributed by atoms with Crippen LogP contribution in [-0.2, 0) is 9.53 Å². The van der Waals surface area contributed by atoms with Crippen molar-refractivity contribution in [3.63, 3.8) is 0 Å². The minimum atomic E-state index is -0.417. The van der Waals surface area contributed by atoms with Crippen LogP contribution in [-0.4, -0.2) is 30.2 Å². The Kier molecular flexibility index (Phi) is 8.37. The predicted molar refractivity (Wildman–Crippen MR) is 125 cm³/mol. The maximum Gasteiger partial charge on any atom is 0.341 e. The van der Waals surface area contributed by atoms with E-state index in [4.69, 9.17) is 21.7 Å². The minimum absolute atomic E-state index is 0.0988. The number of nitrogens with one attached hydrogen (secondary N) is 2. The summed E-state index contributed by atoms with van der Waals surface area (Å²) in [5.74, 6) is 0.246. The highest BCUT2D eigenvalue weighted by atomic mass is 32.1. The van der Waals surface area contributed by atoms with Crippen molar-refractivity contribution in [3.05, 3.63) is 45.3 Å². The van der Waals surface area contributed by atoms with E-state index in [1.165, 1.54) is 16.9 Å². The second kappa shape index (κ2) is 10.5. The molecule has 8 heteroatoms. The van der Waals surface area contributed by atoms with Crippen molar-refractivity contribution in [2.24, 2.45) is 0 Å². The SMILES string of the molecule is CCOC(=O)c1c(NC(=S)NC(=O)COc2ccc(C(C)C)c(C)c2)sc(C)c1C. The monoisotopic (exact) mass is 448 g/mol. The molecule has 0 aliphatic heterocycles. The number of carbonyl (C=O) groups is 2. The van der Waals surface area contributed by atoms with Gasteiger partial charge in [0, 0.05) is 4.88 Å². The van der Waals surface area contributed by atoms with E-state index in [0.29, 0.717) is 22.2 Å². The number of thiocarbonyl (C=S) groups is 1. The number of esters is 1. The number of aryl methyl sites for hydroxylation is 2. The molecular weight excluding hydrogens is 420 g/mol. The lowest BCUT2D eigenvalue weighted by atomic mass is 9.98. The first-order valence-electron chi connectivity index (χ1n) is 9.75. The average molecular weight is 449 g/mol. The lowest BCUT2D eigenvalue weighted by Crippen LogP contribution is -2.37. The molecule has 30 heavy (non-hydrogen) atoms. The summed E-state index contributed by atoms with van der Waals surface area (Å²) < 4.78 is 10.7. The van der Waals surface area contributed by atoms with Gasteiger partial charge >= 0.3 is 5.97 Å². The average Bonchev–Trinajstić information content (AvgIpc) is 2.93. The van der Waals surface area contributed by atoms with Crippen molar-refractivity contribution in [2.75, 3.05) is 18.5 Å². The van der Waals surface area contributed by atoms with Crippen LogP contribution in [0.25, 0.3) is 0 Å². The van der Waals surface area contributed by atoms with E-state index in [-0.39, 0.29) is 24.2 Å². The van der Waals surface area contributed by atoms with Gasteiger partial charge in [0.2, 0.25) is 0 Å². The predicted octanol–water partition coefficient (Wildman–Crippen LogP) is 4.87. The standard InChI is InChI=1S/C22H28N2O4S2/c1-7-27-21(26)19-14(5)15(6)30-20(19)24-22(29)23-18(25)11-28-16-8-9-17(12(2)3)13(4)10-16/h8-10,12H,7,11H2,1-6H3,(H2,23,24,25,29). The van der Waals surface area contributed by atoms with Gasteiger partial charge in [-0.1, -0.05) is 19.9 Å². The Labute approximate surface area is 187 Å². The molecule has 1 aromatic carbocycles. The van der Waals surface area contributed by atoms with Crippen molar-refractivity contribution >= 4 is 45.5 Å². The van der Waals surface area contributed by atoms with Gasteiger partial charge in [-0.25, -0.2) is 4.79 Å². The molecule has 0 atom stereocenters. The molecule has 0 radical (unpaired) electrons. The molecule has 0 spiro atoms. The first-order valence-corrected chi connectivity index (χ1v) is 11.0. The van der Waals surface area contributed by atoms with Crippen LogP contribution < -0.4 is 15.4 Å². The van der Waals surface area contributed by atoms with E-state index in [9.17, 15) is 9.59 Å². The Balaban J connectivity index is 1.96. The molecule has 6 nitrogen and oxygen atoms in total. The zero-order valence-electron chi connectivity index (χ0n) is 18.2. The summed E-state index contributed by atoms with van der Waals surface area (Å²) >= 11 is 6.61. The number of hydrogen-bond acceptors (Lipinski definition) is 6. The van der Waals surface area contributed by atoms with Gasteiger partial charge in [-0.05, 0) is 74.7 Å². The Hall–Kier alpha value is -2.45. The molecule has 1 heterocycles. The summed E-state index contributed by atoms with van der Waals surface area (Å²) in [6.45, 7) is 11.9. The molecule has 0 unspecified atom stereocenters. The van der Waals surface area contributed by atoms with Crippen LogP contribution in [0.15, 0.2) is 18.2 Å². The number of anilines is 1.